The smallest absolute Gasteiger partial charge is 0.246 e. The largest absolute Gasteiger partial charge is 0.347 e. The summed E-state index contributed by atoms with van der Waals surface area (Å²) >= 11 is 0. The Morgan fingerprint density at radius 2 is 1.65 bits per heavy atom. The minimum atomic E-state index is 0.0199. The Labute approximate surface area is 152 Å². The van der Waals surface area contributed by atoms with Crippen LogP contribution in [0.3, 0.4) is 0 Å². The number of hydrogen-bond acceptors (Lipinski definition) is 2. The van der Waals surface area contributed by atoms with Gasteiger partial charge in [-0.2, -0.15) is 0 Å². The molecule has 8 aliphatic rings. The Kier molecular flexibility index (Phi) is 1.71. The van der Waals surface area contributed by atoms with Gasteiger partial charge in [0.25, 0.3) is 0 Å². The molecule has 9 rings (SSSR count). The predicted octanol–water partition coefficient (Wildman–Crippen LogP) is 2.44. The third-order valence-corrected chi connectivity index (χ3v) is 12.0. The van der Waals surface area contributed by atoms with Gasteiger partial charge in [0.1, 0.15) is 0 Å². The van der Waals surface area contributed by atoms with Crippen molar-refractivity contribution in [2.75, 3.05) is 0 Å². The van der Waals surface area contributed by atoms with Crippen LogP contribution < -0.4 is 11.4 Å². The predicted molar refractivity (Wildman–Crippen MR) is 94.8 cm³/mol. The molecule has 0 spiro atoms. The summed E-state index contributed by atoms with van der Waals surface area (Å²) in [5.74, 6) is 4.52. The summed E-state index contributed by atoms with van der Waals surface area (Å²) in [6.07, 6.45) is 3.41. The molecule has 0 amide bonds. The second-order valence-corrected chi connectivity index (χ2v) is 11.8. The lowest BCUT2D eigenvalue weighted by atomic mass is 9.11. The number of fused-ring (bicyclic) bond motifs is 2. The Morgan fingerprint density at radius 3 is 2.27 bits per heavy atom. The maximum Gasteiger partial charge on any atom is 0.347 e. The Bertz CT molecular complexity index is 1060. The third kappa shape index (κ3) is 0.861. The van der Waals surface area contributed by atoms with E-state index in [4.69, 9.17) is 0 Å². The Balaban J connectivity index is 1.37. The highest BCUT2D eigenvalue weighted by atomic mass is 16.2. The van der Waals surface area contributed by atoms with Gasteiger partial charge in [0, 0.05) is 6.04 Å². The van der Waals surface area contributed by atoms with Crippen molar-refractivity contribution in [3.63, 3.8) is 0 Å². The van der Waals surface area contributed by atoms with E-state index in [0.29, 0.717) is 35.3 Å². The third-order valence-electron chi connectivity index (χ3n) is 12.0. The molecule has 0 radical (unpaired) electrons. The van der Waals surface area contributed by atoms with Crippen LogP contribution in [0.1, 0.15) is 65.1 Å². The van der Waals surface area contributed by atoms with Crippen LogP contribution in [0.25, 0.3) is 0 Å². The molecule has 6 fully saturated rings. The van der Waals surface area contributed by atoms with Crippen LogP contribution in [0.15, 0.2) is 9.59 Å². The SMILES string of the molecule is CC1(C)[C@@H]2CC[C@]1(C)[C@@H](n1c(=O)n3n(c1=O)[C@@H]1[C@H]4[C@H]5[C@H]6[C@H]4[C@]1(C)[C@@H]6[C@@H]53)C2. The monoisotopic (exact) mass is 353 g/mol. The fourth-order valence-corrected chi connectivity index (χ4v) is 10.5. The zero-order chi connectivity index (χ0) is 17.7. The minimum absolute atomic E-state index is 0.0199. The van der Waals surface area contributed by atoms with E-state index in [1.54, 1.807) is 4.57 Å². The summed E-state index contributed by atoms with van der Waals surface area (Å²) in [6.45, 7) is 9.47. The van der Waals surface area contributed by atoms with Crippen molar-refractivity contribution in [2.45, 2.75) is 65.1 Å². The normalized spacial score (nSPS) is 62.7. The van der Waals surface area contributed by atoms with Crippen molar-refractivity contribution in [2.24, 2.45) is 51.8 Å². The topological polar surface area (TPSA) is 48.9 Å². The van der Waals surface area contributed by atoms with E-state index < -0.39 is 0 Å². The molecular weight excluding hydrogens is 326 g/mol. The number of hydrogen-bond donors (Lipinski definition) is 0. The Morgan fingerprint density at radius 1 is 0.923 bits per heavy atom. The first-order valence-electron chi connectivity index (χ1n) is 10.7. The average molecular weight is 353 g/mol. The van der Waals surface area contributed by atoms with Crippen LogP contribution in [0.5, 0.6) is 0 Å². The summed E-state index contributed by atoms with van der Waals surface area (Å²) in [6, 6.07) is 0.748. The van der Waals surface area contributed by atoms with Crippen LogP contribution >= 0.6 is 0 Å². The molecule has 6 saturated carbocycles. The molecule has 0 unspecified atom stereocenters. The van der Waals surface area contributed by atoms with Gasteiger partial charge in [-0.3, -0.25) is 0 Å². The van der Waals surface area contributed by atoms with Gasteiger partial charge in [0.2, 0.25) is 0 Å². The number of nitrogens with zero attached hydrogens (tertiary/aromatic N) is 3. The first-order valence-corrected chi connectivity index (χ1v) is 10.7. The Hall–Kier alpha value is -1.26. The van der Waals surface area contributed by atoms with Crippen molar-refractivity contribution in [3.05, 3.63) is 21.0 Å². The van der Waals surface area contributed by atoms with E-state index in [0.717, 1.165) is 30.6 Å². The molecule has 11 atom stereocenters. The maximum absolute atomic E-state index is 13.6. The van der Waals surface area contributed by atoms with Gasteiger partial charge in [-0.05, 0) is 71.0 Å². The fourth-order valence-electron chi connectivity index (χ4n) is 10.5. The first kappa shape index (κ1) is 13.8. The summed E-state index contributed by atoms with van der Waals surface area (Å²) in [4.78, 5) is 27.1. The van der Waals surface area contributed by atoms with Crippen molar-refractivity contribution in [3.8, 4) is 0 Å². The molecule has 4 bridgehead atoms. The van der Waals surface area contributed by atoms with Gasteiger partial charge in [0.15, 0.2) is 0 Å². The van der Waals surface area contributed by atoms with Crippen molar-refractivity contribution in [1.82, 2.24) is 13.9 Å². The molecular formula is C21H27N3O2. The van der Waals surface area contributed by atoms with Crippen LogP contribution in [0.2, 0.25) is 0 Å². The van der Waals surface area contributed by atoms with E-state index in [-0.39, 0.29) is 28.3 Å². The molecule has 3 heterocycles. The van der Waals surface area contributed by atoms with Gasteiger partial charge >= 0.3 is 11.4 Å². The molecule has 0 N–H and O–H groups in total. The van der Waals surface area contributed by atoms with E-state index in [2.05, 4.69) is 27.7 Å². The molecule has 138 valence electrons. The molecule has 0 aromatic carbocycles. The minimum Gasteiger partial charge on any atom is -0.246 e. The molecule has 26 heavy (non-hydrogen) atoms. The van der Waals surface area contributed by atoms with E-state index >= 15 is 0 Å². The van der Waals surface area contributed by atoms with Crippen LogP contribution in [0, 0.1) is 51.8 Å². The highest BCUT2D eigenvalue weighted by Gasteiger charge is 2.95. The zero-order valence-electron chi connectivity index (χ0n) is 16.0. The summed E-state index contributed by atoms with van der Waals surface area (Å²) in [5, 5.41) is 0. The fraction of sp³-hybridized carbons (Fsp3) is 0.905. The summed E-state index contributed by atoms with van der Waals surface area (Å²) in [7, 11) is 0. The van der Waals surface area contributed by atoms with E-state index in [9.17, 15) is 9.59 Å². The van der Waals surface area contributed by atoms with Crippen LogP contribution in [-0.2, 0) is 0 Å². The summed E-state index contributed by atoms with van der Waals surface area (Å²) in [5.41, 5.74) is 0.657. The van der Waals surface area contributed by atoms with Crippen molar-refractivity contribution < 1.29 is 0 Å². The molecule has 5 nitrogen and oxygen atoms in total. The highest BCUT2D eigenvalue weighted by molar-refractivity contribution is 5.42. The van der Waals surface area contributed by atoms with Gasteiger partial charge < -0.3 is 0 Å². The van der Waals surface area contributed by atoms with E-state index in [1.165, 1.54) is 6.42 Å². The molecule has 1 aromatic heterocycles. The quantitative estimate of drug-likeness (QED) is 0.779. The van der Waals surface area contributed by atoms with Gasteiger partial charge in [0.05, 0.1) is 12.1 Å². The first-order chi connectivity index (χ1) is 12.3. The lowest BCUT2D eigenvalue weighted by molar-refractivity contribution is -0.496. The second-order valence-electron chi connectivity index (χ2n) is 11.8. The standard InChI is InChI=1S/C21H27N3O2/c1-19(2)8-5-6-20(19,3)9(7-8)22-17(25)23-15-10-11-13-12(10)16(24(23)18(22)26)21(13,4)14(11)15/h8-16H,5-7H2,1-4H3/t8-,9+,10-,11+,12+,13-,14+,15-,16-,20-,21-/m1/s1. The van der Waals surface area contributed by atoms with Crippen LogP contribution in [-0.4, -0.2) is 13.9 Å². The molecule has 0 saturated heterocycles. The molecule has 5 heteroatoms. The lowest BCUT2D eigenvalue weighted by Crippen LogP contribution is -2.95. The maximum atomic E-state index is 13.6. The number of rotatable bonds is 1. The van der Waals surface area contributed by atoms with Crippen molar-refractivity contribution >= 4 is 0 Å². The van der Waals surface area contributed by atoms with Gasteiger partial charge in [-0.25, -0.2) is 23.5 Å². The highest BCUT2D eigenvalue weighted by Crippen LogP contribution is 2.96. The van der Waals surface area contributed by atoms with Gasteiger partial charge in [-0.1, -0.05) is 27.7 Å². The molecule has 2 aliphatic heterocycles. The zero-order valence-corrected chi connectivity index (χ0v) is 16.0. The van der Waals surface area contributed by atoms with Gasteiger partial charge in [-0.15, -0.1) is 0 Å². The molecule has 1 aromatic rings. The molecule has 6 aliphatic carbocycles. The average Bonchev–Trinajstić information content (AvgIpc) is 2.99. The number of aromatic nitrogens is 3. The summed E-state index contributed by atoms with van der Waals surface area (Å²) < 4.78 is 5.64. The van der Waals surface area contributed by atoms with Crippen molar-refractivity contribution in [1.29, 1.82) is 0 Å². The van der Waals surface area contributed by atoms with E-state index in [1.807, 2.05) is 9.36 Å². The lowest BCUT2D eigenvalue weighted by Gasteiger charge is -2.96. The van der Waals surface area contributed by atoms with Crippen LogP contribution in [0.4, 0.5) is 0 Å². The second kappa shape index (κ2) is 3.22.